The van der Waals surface area contributed by atoms with Crippen LogP contribution in [0.1, 0.15) is 22.7 Å². The Balaban J connectivity index is 1.75. The lowest BCUT2D eigenvalue weighted by atomic mass is 9.94. The van der Waals surface area contributed by atoms with Crippen LogP contribution in [0.4, 0.5) is 10.3 Å². The fourth-order valence-electron chi connectivity index (χ4n) is 4.24. The molecule has 0 aliphatic carbocycles. The number of amides is 1. The third kappa shape index (κ3) is 3.40. The molecule has 5 rings (SSSR count). The summed E-state index contributed by atoms with van der Waals surface area (Å²) in [4.78, 5) is 35.1. The van der Waals surface area contributed by atoms with E-state index in [1.165, 1.54) is 30.2 Å². The van der Waals surface area contributed by atoms with Crippen LogP contribution < -0.4 is 9.64 Å². The van der Waals surface area contributed by atoms with Crippen LogP contribution in [0.15, 0.2) is 72.3 Å². The summed E-state index contributed by atoms with van der Waals surface area (Å²) < 4.78 is 19.1. The van der Waals surface area contributed by atoms with Crippen LogP contribution in [-0.2, 0) is 9.59 Å². The minimum Gasteiger partial charge on any atom is -0.507 e. The van der Waals surface area contributed by atoms with Gasteiger partial charge in [0.05, 0.1) is 35.3 Å². The predicted octanol–water partition coefficient (Wildman–Crippen LogP) is 4.65. The number of aliphatic hydroxyl groups is 1. The van der Waals surface area contributed by atoms with Crippen LogP contribution >= 0.6 is 0 Å². The van der Waals surface area contributed by atoms with Gasteiger partial charge in [0.1, 0.15) is 17.3 Å². The lowest BCUT2D eigenvalue weighted by Gasteiger charge is -2.23. The number of ketones is 1. The average Bonchev–Trinajstić information content (AvgIpc) is 3.37. The van der Waals surface area contributed by atoms with Gasteiger partial charge in [-0.1, -0.05) is 42.0 Å². The molecule has 4 aromatic rings. The molecule has 170 valence electrons. The van der Waals surface area contributed by atoms with Crippen molar-refractivity contribution < 1.29 is 23.8 Å². The zero-order valence-electron chi connectivity index (χ0n) is 18.4. The summed E-state index contributed by atoms with van der Waals surface area (Å²) in [6.45, 7) is 1.84. The SMILES string of the molecule is COc1ccc(C)cc1/C(O)=C1\C(=O)C(=O)N(c2nc3ccc(F)cc3[nH]2)C1c1ccccc1. The lowest BCUT2D eigenvalue weighted by Crippen LogP contribution is -2.30. The molecular weight excluding hydrogens is 437 g/mol. The van der Waals surface area contributed by atoms with E-state index in [1.807, 2.05) is 19.1 Å². The Morgan fingerprint density at radius 1 is 1.09 bits per heavy atom. The first kappa shape index (κ1) is 21.4. The van der Waals surface area contributed by atoms with Gasteiger partial charge in [-0.05, 0) is 42.8 Å². The average molecular weight is 457 g/mol. The topological polar surface area (TPSA) is 95.5 Å². The summed E-state index contributed by atoms with van der Waals surface area (Å²) in [7, 11) is 1.46. The number of halogens is 1. The normalized spacial score (nSPS) is 17.5. The molecule has 1 atom stereocenters. The van der Waals surface area contributed by atoms with Gasteiger partial charge in [-0.2, -0.15) is 0 Å². The van der Waals surface area contributed by atoms with Crippen molar-refractivity contribution in [2.24, 2.45) is 0 Å². The van der Waals surface area contributed by atoms with Gasteiger partial charge >= 0.3 is 5.91 Å². The van der Waals surface area contributed by atoms with Crippen LogP contribution in [0.2, 0.25) is 0 Å². The lowest BCUT2D eigenvalue weighted by molar-refractivity contribution is -0.132. The monoisotopic (exact) mass is 457 g/mol. The highest BCUT2D eigenvalue weighted by molar-refractivity contribution is 6.51. The second-order valence-corrected chi connectivity index (χ2v) is 8.01. The first-order valence-corrected chi connectivity index (χ1v) is 10.5. The molecule has 0 saturated carbocycles. The highest BCUT2D eigenvalue weighted by Crippen LogP contribution is 2.42. The van der Waals surface area contributed by atoms with E-state index in [1.54, 1.807) is 36.4 Å². The number of aliphatic hydroxyl groups excluding tert-OH is 1. The molecule has 2 heterocycles. The first-order chi connectivity index (χ1) is 16.4. The number of carbonyl (C=O) groups is 2. The van der Waals surface area contributed by atoms with Crippen molar-refractivity contribution in [1.29, 1.82) is 0 Å². The van der Waals surface area contributed by atoms with Crippen LogP contribution in [0.5, 0.6) is 5.75 Å². The molecule has 0 radical (unpaired) electrons. The van der Waals surface area contributed by atoms with Crippen molar-refractivity contribution in [3.63, 3.8) is 0 Å². The van der Waals surface area contributed by atoms with Gasteiger partial charge in [-0.25, -0.2) is 9.37 Å². The van der Waals surface area contributed by atoms with Crippen molar-refractivity contribution >= 4 is 34.4 Å². The highest BCUT2D eigenvalue weighted by Gasteiger charge is 2.48. The minimum atomic E-state index is -0.961. The second kappa shape index (κ2) is 8.15. The number of imidazole rings is 1. The second-order valence-electron chi connectivity index (χ2n) is 8.01. The molecule has 0 bridgehead atoms. The summed E-state index contributed by atoms with van der Waals surface area (Å²) in [5.74, 6) is -2.09. The number of fused-ring (bicyclic) bond motifs is 1. The van der Waals surface area contributed by atoms with E-state index < -0.39 is 23.5 Å². The smallest absolute Gasteiger partial charge is 0.302 e. The van der Waals surface area contributed by atoms with Gasteiger partial charge in [0.25, 0.3) is 5.78 Å². The number of nitrogens with one attached hydrogen (secondary N) is 1. The Bertz CT molecular complexity index is 1480. The number of benzene rings is 3. The molecule has 1 saturated heterocycles. The number of aromatic nitrogens is 2. The number of H-pyrrole nitrogens is 1. The third-order valence-corrected chi connectivity index (χ3v) is 5.83. The highest BCUT2D eigenvalue weighted by atomic mass is 19.1. The number of rotatable bonds is 4. The van der Waals surface area contributed by atoms with Gasteiger partial charge in [-0.3, -0.25) is 14.5 Å². The van der Waals surface area contributed by atoms with E-state index in [2.05, 4.69) is 9.97 Å². The van der Waals surface area contributed by atoms with Crippen molar-refractivity contribution in [2.75, 3.05) is 12.0 Å². The van der Waals surface area contributed by atoms with Crippen LogP contribution in [-0.4, -0.2) is 33.9 Å². The minimum absolute atomic E-state index is 0.0758. The fraction of sp³-hybridized carbons (Fsp3) is 0.115. The molecule has 34 heavy (non-hydrogen) atoms. The number of carbonyl (C=O) groups excluding carboxylic acids is 2. The van der Waals surface area contributed by atoms with Crippen molar-refractivity contribution in [1.82, 2.24) is 9.97 Å². The predicted molar refractivity (Wildman–Crippen MR) is 125 cm³/mol. The molecule has 1 aliphatic rings. The van der Waals surface area contributed by atoms with Crippen molar-refractivity contribution in [3.05, 3.63) is 94.8 Å². The molecule has 8 heteroatoms. The summed E-state index contributed by atoms with van der Waals surface area (Å²) in [5.41, 5.74) is 2.46. The molecular formula is C26H20FN3O4. The van der Waals surface area contributed by atoms with Crippen molar-refractivity contribution in [3.8, 4) is 5.75 Å². The van der Waals surface area contributed by atoms with Gasteiger partial charge in [-0.15, -0.1) is 0 Å². The van der Waals surface area contributed by atoms with Gasteiger partial charge < -0.3 is 14.8 Å². The summed E-state index contributed by atoms with van der Waals surface area (Å²) >= 11 is 0. The van der Waals surface area contributed by atoms with Gasteiger partial charge in [0.2, 0.25) is 5.95 Å². The van der Waals surface area contributed by atoms with E-state index >= 15 is 0 Å². The number of Topliss-reactive ketones (excluding diaryl/α,β-unsaturated/α-hetero) is 1. The largest absolute Gasteiger partial charge is 0.507 e. The summed E-state index contributed by atoms with van der Waals surface area (Å²) in [5, 5.41) is 11.3. The van der Waals surface area contributed by atoms with Crippen LogP contribution in [0.25, 0.3) is 16.8 Å². The number of methoxy groups -OCH3 is 1. The molecule has 1 amide bonds. The van der Waals surface area contributed by atoms with E-state index in [4.69, 9.17) is 4.74 Å². The zero-order chi connectivity index (χ0) is 24.0. The van der Waals surface area contributed by atoms with E-state index in [-0.39, 0.29) is 17.3 Å². The Kier molecular flexibility index (Phi) is 5.13. The zero-order valence-corrected chi connectivity index (χ0v) is 18.4. The quantitative estimate of drug-likeness (QED) is 0.264. The summed E-state index contributed by atoms with van der Waals surface area (Å²) in [6, 6.07) is 17.1. The third-order valence-electron chi connectivity index (χ3n) is 5.83. The molecule has 1 fully saturated rings. The Morgan fingerprint density at radius 3 is 2.59 bits per heavy atom. The van der Waals surface area contributed by atoms with Gasteiger partial charge in [0, 0.05) is 0 Å². The number of aromatic amines is 1. The van der Waals surface area contributed by atoms with Crippen LogP contribution in [0, 0.1) is 12.7 Å². The number of ether oxygens (including phenoxy) is 1. The number of aryl methyl sites for hydroxylation is 1. The maximum absolute atomic E-state index is 13.7. The molecule has 3 aromatic carbocycles. The number of hydrogen-bond donors (Lipinski definition) is 2. The van der Waals surface area contributed by atoms with Crippen molar-refractivity contribution in [2.45, 2.75) is 13.0 Å². The van der Waals surface area contributed by atoms with E-state index in [9.17, 15) is 19.1 Å². The van der Waals surface area contributed by atoms with Crippen LogP contribution in [0.3, 0.4) is 0 Å². The van der Waals surface area contributed by atoms with Gasteiger partial charge in [0.15, 0.2) is 0 Å². The Labute approximate surface area is 194 Å². The van der Waals surface area contributed by atoms with E-state index in [0.717, 1.165) is 5.56 Å². The number of anilines is 1. The standard InChI is InChI=1S/C26H20FN3O4/c1-14-8-11-20(34-2)17(12-14)23(31)21-22(15-6-4-3-5-7-15)30(25(33)24(21)32)26-28-18-10-9-16(27)13-19(18)29-26/h3-13,22,31H,1-2H3,(H,28,29)/b23-21+. The number of nitrogens with zero attached hydrogens (tertiary/aromatic N) is 2. The molecule has 1 unspecified atom stereocenters. The molecule has 1 aromatic heterocycles. The maximum atomic E-state index is 13.7. The summed E-state index contributed by atoms with van der Waals surface area (Å²) in [6.07, 6.45) is 0. The first-order valence-electron chi connectivity index (χ1n) is 10.5. The molecule has 7 nitrogen and oxygen atoms in total. The van der Waals surface area contributed by atoms with E-state index in [0.29, 0.717) is 27.9 Å². The Hall–Kier alpha value is -4.46. The molecule has 1 aliphatic heterocycles. The molecule has 2 N–H and O–H groups in total. The molecule has 0 spiro atoms. The number of hydrogen-bond acceptors (Lipinski definition) is 5. The Morgan fingerprint density at radius 2 is 1.85 bits per heavy atom. The maximum Gasteiger partial charge on any atom is 0.302 e. The fourth-order valence-corrected chi connectivity index (χ4v) is 4.24.